The molecular formula is C17H28ClN. The molecule has 1 aromatic carbocycles. The lowest BCUT2D eigenvalue weighted by molar-refractivity contribution is 0.555. The van der Waals surface area contributed by atoms with E-state index in [1.807, 2.05) is 18.2 Å². The van der Waals surface area contributed by atoms with E-state index in [-0.39, 0.29) is 0 Å². The maximum atomic E-state index is 6.11. The summed E-state index contributed by atoms with van der Waals surface area (Å²) >= 11 is 6.11. The standard InChI is InChI=1S/C17H28ClN/c1-2-3-4-5-6-7-8-11-14-19-15-16-12-9-10-13-17(16)18/h9-10,12-13,19H,2-8,11,14-15H2,1H3. The number of hydrogen-bond acceptors (Lipinski definition) is 1. The smallest absolute Gasteiger partial charge is 0.0450 e. The van der Waals surface area contributed by atoms with Crippen LogP contribution < -0.4 is 5.32 Å². The lowest BCUT2D eigenvalue weighted by atomic mass is 10.1. The molecule has 0 radical (unpaired) electrons. The lowest BCUT2D eigenvalue weighted by Gasteiger charge is -2.06. The topological polar surface area (TPSA) is 12.0 Å². The van der Waals surface area contributed by atoms with Crippen molar-refractivity contribution in [2.75, 3.05) is 6.54 Å². The summed E-state index contributed by atoms with van der Waals surface area (Å²) in [5, 5.41) is 4.34. The normalized spacial score (nSPS) is 10.8. The highest BCUT2D eigenvalue weighted by molar-refractivity contribution is 6.31. The summed E-state index contributed by atoms with van der Waals surface area (Å²) in [4.78, 5) is 0. The Balaban J connectivity index is 1.90. The molecular weight excluding hydrogens is 254 g/mol. The zero-order chi connectivity index (χ0) is 13.8. The van der Waals surface area contributed by atoms with Crippen molar-refractivity contribution >= 4 is 11.6 Å². The molecule has 0 aromatic heterocycles. The molecule has 0 saturated carbocycles. The van der Waals surface area contributed by atoms with Gasteiger partial charge in [0.05, 0.1) is 0 Å². The Morgan fingerprint density at radius 2 is 1.53 bits per heavy atom. The van der Waals surface area contributed by atoms with E-state index in [0.29, 0.717) is 0 Å². The summed E-state index contributed by atoms with van der Waals surface area (Å²) in [6, 6.07) is 8.06. The number of rotatable bonds is 11. The van der Waals surface area contributed by atoms with Crippen molar-refractivity contribution < 1.29 is 0 Å². The first-order valence-electron chi connectivity index (χ1n) is 7.78. The van der Waals surface area contributed by atoms with E-state index in [0.717, 1.165) is 18.1 Å². The fraction of sp³-hybridized carbons (Fsp3) is 0.647. The Labute approximate surface area is 123 Å². The van der Waals surface area contributed by atoms with Gasteiger partial charge in [-0.3, -0.25) is 0 Å². The molecule has 0 aliphatic heterocycles. The highest BCUT2D eigenvalue weighted by atomic mass is 35.5. The van der Waals surface area contributed by atoms with Crippen LogP contribution in [0.5, 0.6) is 0 Å². The molecule has 0 amide bonds. The zero-order valence-electron chi connectivity index (χ0n) is 12.3. The van der Waals surface area contributed by atoms with E-state index >= 15 is 0 Å². The van der Waals surface area contributed by atoms with Gasteiger partial charge in [0.1, 0.15) is 0 Å². The van der Waals surface area contributed by atoms with Crippen molar-refractivity contribution in [1.82, 2.24) is 5.32 Å². The molecule has 0 heterocycles. The summed E-state index contributed by atoms with van der Waals surface area (Å²) < 4.78 is 0. The Morgan fingerprint density at radius 1 is 0.895 bits per heavy atom. The van der Waals surface area contributed by atoms with Crippen molar-refractivity contribution in [2.24, 2.45) is 0 Å². The molecule has 108 valence electrons. The molecule has 0 spiro atoms. The van der Waals surface area contributed by atoms with Crippen LogP contribution >= 0.6 is 11.6 Å². The average molecular weight is 282 g/mol. The lowest BCUT2D eigenvalue weighted by Crippen LogP contribution is -2.14. The van der Waals surface area contributed by atoms with Crippen molar-refractivity contribution in [1.29, 1.82) is 0 Å². The van der Waals surface area contributed by atoms with Crippen molar-refractivity contribution in [3.63, 3.8) is 0 Å². The third kappa shape index (κ3) is 8.28. The number of benzene rings is 1. The number of unbranched alkanes of at least 4 members (excludes halogenated alkanes) is 7. The van der Waals surface area contributed by atoms with Gasteiger partial charge in [0.2, 0.25) is 0 Å². The molecule has 0 aliphatic carbocycles. The first-order valence-corrected chi connectivity index (χ1v) is 8.16. The maximum Gasteiger partial charge on any atom is 0.0450 e. The highest BCUT2D eigenvalue weighted by Crippen LogP contribution is 2.14. The quantitative estimate of drug-likeness (QED) is 0.523. The monoisotopic (exact) mass is 281 g/mol. The average Bonchev–Trinajstić information content (AvgIpc) is 2.43. The Morgan fingerprint density at radius 3 is 2.21 bits per heavy atom. The molecule has 0 atom stereocenters. The van der Waals surface area contributed by atoms with Crippen LogP contribution in [-0.2, 0) is 6.54 Å². The van der Waals surface area contributed by atoms with E-state index in [2.05, 4.69) is 18.3 Å². The van der Waals surface area contributed by atoms with Crippen LogP contribution in [0.25, 0.3) is 0 Å². The van der Waals surface area contributed by atoms with Crippen molar-refractivity contribution in [2.45, 2.75) is 64.8 Å². The van der Waals surface area contributed by atoms with Crippen LogP contribution in [0.3, 0.4) is 0 Å². The van der Waals surface area contributed by atoms with Gasteiger partial charge in [0.25, 0.3) is 0 Å². The third-order valence-electron chi connectivity index (χ3n) is 3.48. The van der Waals surface area contributed by atoms with Crippen LogP contribution in [0.1, 0.15) is 63.9 Å². The Kier molecular flexibility index (Phi) is 9.84. The molecule has 0 saturated heterocycles. The van der Waals surface area contributed by atoms with E-state index in [4.69, 9.17) is 11.6 Å². The molecule has 1 aromatic rings. The minimum atomic E-state index is 0.867. The van der Waals surface area contributed by atoms with Crippen LogP contribution in [0, 0.1) is 0 Å². The predicted octanol–water partition coefficient (Wildman–Crippen LogP) is 5.57. The summed E-state index contributed by atoms with van der Waals surface area (Å²) in [5.74, 6) is 0. The second kappa shape index (κ2) is 11.3. The molecule has 1 rings (SSSR count). The van der Waals surface area contributed by atoms with Crippen LogP contribution in [0.2, 0.25) is 5.02 Å². The maximum absolute atomic E-state index is 6.11. The van der Waals surface area contributed by atoms with Gasteiger partial charge in [-0.15, -0.1) is 0 Å². The molecule has 0 aliphatic rings. The second-order valence-corrected chi connectivity index (χ2v) is 5.65. The first-order chi connectivity index (χ1) is 9.34. The highest BCUT2D eigenvalue weighted by Gasteiger charge is 1.97. The molecule has 19 heavy (non-hydrogen) atoms. The summed E-state index contributed by atoms with van der Waals surface area (Å²) in [6.07, 6.45) is 11.0. The largest absolute Gasteiger partial charge is 0.313 e. The van der Waals surface area contributed by atoms with Gasteiger partial charge in [0.15, 0.2) is 0 Å². The van der Waals surface area contributed by atoms with Crippen molar-refractivity contribution in [3.8, 4) is 0 Å². The predicted molar refractivity (Wildman–Crippen MR) is 85.8 cm³/mol. The summed E-state index contributed by atoms with van der Waals surface area (Å²) in [7, 11) is 0. The number of hydrogen-bond donors (Lipinski definition) is 1. The Hall–Kier alpha value is -0.530. The first kappa shape index (κ1) is 16.5. The van der Waals surface area contributed by atoms with Gasteiger partial charge in [-0.05, 0) is 24.6 Å². The molecule has 1 nitrogen and oxygen atoms in total. The van der Waals surface area contributed by atoms with E-state index < -0.39 is 0 Å². The fourth-order valence-corrected chi connectivity index (χ4v) is 2.45. The molecule has 1 N–H and O–H groups in total. The molecule has 0 fully saturated rings. The molecule has 0 bridgehead atoms. The second-order valence-electron chi connectivity index (χ2n) is 5.24. The number of halogens is 1. The van der Waals surface area contributed by atoms with Crippen molar-refractivity contribution in [3.05, 3.63) is 34.9 Å². The van der Waals surface area contributed by atoms with Gasteiger partial charge in [-0.1, -0.05) is 81.7 Å². The van der Waals surface area contributed by atoms with E-state index in [1.54, 1.807) is 0 Å². The zero-order valence-corrected chi connectivity index (χ0v) is 13.0. The van der Waals surface area contributed by atoms with Crippen LogP contribution in [0.4, 0.5) is 0 Å². The SMILES string of the molecule is CCCCCCCCCCNCc1ccccc1Cl. The van der Waals surface area contributed by atoms with Crippen LogP contribution in [-0.4, -0.2) is 6.54 Å². The fourth-order valence-electron chi connectivity index (χ4n) is 2.25. The molecule has 0 unspecified atom stereocenters. The molecule has 2 heteroatoms. The minimum Gasteiger partial charge on any atom is -0.313 e. The van der Waals surface area contributed by atoms with Gasteiger partial charge in [0, 0.05) is 11.6 Å². The number of nitrogens with one attached hydrogen (secondary N) is 1. The van der Waals surface area contributed by atoms with Gasteiger partial charge >= 0.3 is 0 Å². The summed E-state index contributed by atoms with van der Waals surface area (Å²) in [5.41, 5.74) is 1.20. The van der Waals surface area contributed by atoms with E-state index in [9.17, 15) is 0 Å². The van der Waals surface area contributed by atoms with Gasteiger partial charge < -0.3 is 5.32 Å². The Bertz CT molecular complexity index is 325. The summed E-state index contributed by atoms with van der Waals surface area (Å²) in [6.45, 7) is 4.25. The third-order valence-corrected chi connectivity index (χ3v) is 3.85. The van der Waals surface area contributed by atoms with Gasteiger partial charge in [-0.25, -0.2) is 0 Å². The van der Waals surface area contributed by atoms with Crippen LogP contribution in [0.15, 0.2) is 24.3 Å². The van der Waals surface area contributed by atoms with Gasteiger partial charge in [-0.2, -0.15) is 0 Å². The van der Waals surface area contributed by atoms with E-state index in [1.165, 1.54) is 56.9 Å². The minimum absolute atomic E-state index is 0.867.